The van der Waals surface area contributed by atoms with Crippen molar-refractivity contribution < 1.29 is 27.5 Å². The quantitative estimate of drug-likeness (QED) is 0.155. The van der Waals surface area contributed by atoms with Gasteiger partial charge in [-0.15, -0.1) is 0 Å². The van der Waals surface area contributed by atoms with Gasteiger partial charge in [0.05, 0.1) is 12.7 Å². The second-order valence-corrected chi connectivity index (χ2v) is 10.8. The summed E-state index contributed by atoms with van der Waals surface area (Å²) in [4.78, 5) is 32.3. The molecule has 0 fully saturated rings. The fourth-order valence-corrected chi connectivity index (χ4v) is 5.11. The van der Waals surface area contributed by atoms with E-state index in [1.54, 1.807) is 36.7 Å². The van der Waals surface area contributed by atoms with Crippen LogP contribution in [0.15, 0.2) is 128 Å². The van der Waals surface area contributed by atoms with Crippen LogP contribution in [0.5, 0.6) is 0 Å². The number of benzene rings is 4. The van der Waals surface area contributed by atoms with Crippen molar-refractivity contribution >= 4 is 11.9 Å². The minimum Gasteiger partial charge on any atom is -0.467 e. The Kier molecular flexibility index (Phi) is 10.2. The summed E-state index contributed by atoms with van der Waals surface area (Å²) in [6.07, 6.45) is -1.01. The Labute approximate surface area is 265 Å². The van der Waals surface area contributed by atoms with Gasteiger partial charge in [-0.3, -0.25) is 14.7 Å². The van der Waals surface area contributed by atoms with Gasteiger partial charge in [-0.2, -0.15) is 13.2 Å². The Morgan fingerprint density at radius 1 is 0.717 bits per heavy atom. The molecule has 5 rings (SSSR count). The molecule has 0 aliphatic rings. The van der Waals surface area contributed by atoms with Crippen LogP contribution in [0.1, 0.15) is 27.0 Å². The first-order valence-electron chi connectivity index (χ1n) is 14.6. The summed E-state index contributed by atoms with van der Waals surface area (Å²) < 4.78 is 43.9. The van der Waals surface area contributed by atoms with E-state index >= 15 is 0 Å². The first-order chi connectivity index (χ1) is 22.2. The Balaban J connectivity index is 1.31. The summed E-state index contributed by atoms with van der Waals surface area (Å²) in [5.74, 6) is -1.07. The molecule has 1 N–H and O–H groups in total. The Morgan fingerprint density at radius 2 is 1.22 bits per heavy atom. The van der Waals surface area contributed by atoms with Crippen LogP contribution in [0.3, 0.4) is 0 Å². The van der Waals surface area contributed by atoms with E-state index in [0.29, 0.717) is 29.8 Å². The van der Waals surface area contributed by atoms with Crippen molar-refractivity contribution in [1.29, 1.82) is 0 Å². The zero-order chi connectivity index (χ0) is 32.5. The van der Waals surface area contributed by atoms with Crippen LogP contribution in [0.25, 0.3) is 22.3 Å². The number of carbonyl (C=O) groups is 2. The van der Waals surface area contributed by atoms with Crippen molar-refractivity contribution in [3.8, 4) is 22.3 Å². The molecule has 0 aliphatic heterocycles. The van der Waals surface area contributed by atoms with Gasteiger partial charge in [0.2, 0.25) is 0 Å². The molecule has 1 heterocycles. The lowest BCUT2D eigenvalue weighted by Gasteiger charge is -2.27. The molecule has 4 aromatic carbocycles. The average Bonchev–Trinajstić information content (AvgIpc) is 3.08. The van der Waals surface area contributed by atoms with Crippen LogP contribution in [-0.2, 0) is 28.8 Å². The standard InChI is InChI=1S/C37H32F3N3O3/c1-46-36(45)34(42-35(44)32-13-11-30(12-14-32)31-15-17-33(18-16-31)37(38,39)40)25-43(24-27-19-21-41-22-20-27)23-26-7-9-29(10-8-26)28-5-3-2-4-6-28/h2-22,34H,23-25H2,1H3,(H,42,44)/t34-/m0/s1. The number of hydrogen-bond acceptors (Lipinski definition) is 5. The van der Waals surface area contributed by atoms with Gasteiger partial charge in [-0.1, -0.05) is 78.9 Å². The number of pyridine rings is 1. The lowest BCUT2D eigenvalue weighted by atomic mass is 10.0. The molecular formula is C37H32F3N3O3. The predicted octanol–water partition coefficient (Wildman–Crippen LogP) is 7.41. The van der Waals surface area contributed by atoms with E-state index in [4.69, 9.17) is 4.74 Å². The highest BCUT2D eigenvalue weighted by molar-refractivity contribution is 5.97. The Hall–Kier alpha value is -5.28. The molecule has 5 aromatic rings. The molecule has 1 atom stereocenters. The zero-order valence-corrected chi connectivity index (χ0v) is 25.1. The number of alkyl halides is 3. The van der Waals surface area contributed by atoms with Crippen LogP contribution in [0.2, 0.25) is 0 Å². The molecule has 1 aromatic heterocycles. The monoisotopic (exact) mass is 623 g/mol. The number of nitrogens with one attached hydrogen (secondary N) is 1. The molecule has 46 heavy (non-hydrogen) atoms. The van der Waals surface area contributed by atoms with Crippen molar-refractivity contribution in [2.75, 3.05) is 13.7 Å². The minimum atomic E-state index is -4.42. The molecule has 0 radical (unpaired) electrons. The summed E-state index contributed by atoms with van der Waals surface area (Å²) in [6, 6.07) is 32.4. The Morgan fingerprint density at radius 3 is 1.76 bits per heavy atom. The van der Waals surface area contributed by atoms with Gasteiger partial charge in [-0.05, 0) is 69.8 Å². The number of esters is 1. The van der Waals surface area contributed by atoms with Crippen molar-refractivity contribution in [2.45, 2.75) is 25.3 Å². The lowest BCUT2D eigenvalue weighted by molar-refractivity contribution is -0.143. The molecule has 0 aliphatic carbocycles. The maximum absolute atomic E-state index is 13.3. The summed E-state index contributed by atoms with van der Waals surface area (Å²) >= 11 is 0. The first-order valence-corrected chi connectivity index (χ1v) is 14.6. The van der Waals surface area contributed by atoms with Crippen molar-refractivity contribution in [2.24, 2.45) is 0 Å². The van der Waals surface area contributed by atoms with Gasteiger partial charge in [0.15, 0.2) is 0 Å². The molecule has 6 nitrogen and oxygen atoms in total. The third-order valence-corrected chi connectivity index (χ3v) is 7.55. The van der Waals surface area contributed by atoms with Gasteiger partial charge in [0, 0.05) is 37.6 Å². The molecule has 0 saturated heterocycles. The van der Waals surface area contributed by atoms with Crippen LogP contribution < -0.4 is 5.32 Å². The predicted molar refractivity (Wildman–Crippen MR) is 170 cm³/mol. The second-order valence-electron chi connectivity index (χ2n) is 10.8. The third-order valence-electron chi connectivity index (χ3n) is 7.55. The lowest BCUT2D eigenvalue weighted by Crippen LogP contribution is -2.48. The largest absolute Gasteiger partial charge is 0.467 e. The maximum atomic E-state index is 13.3. The average molecular weight is 624 g/mol. The summed E-state index contributed by atoms with van der Waals surface area (Å²) in [5.41, 5.74) is 5.02. The van der Waals surface area contributed by atoms with Crippen LogP contribution >= 0.6 is 0 Å². The maximum Gasteiger partial charge on any atom is 0.416 e. The van der Waals surface area contributed by atoms with Crippen LogP contribution in [0, 0.1) is 0 Å². The fraction of sp³-hybridized carbons (Fsp3) is 0.162. The highest BCUT2D eigenvalue weighted by atomic mass is 19.4. The van der Waals surface area contributed by atoms with Crippen LogP contribution in [0.4, 0.5) is 13.2 Å². The van der Waals surface area contributed by atoms with E-state index in [1.165, 1.54) is 19.2 Å². The van der Waals surface area contributed by atoms with E-state index in [2.05, 4.69) is 39.5 Å². The van der Waals surface area contributed by atoms with E-state index in [1.807, 2.05) is 42.5 Å². The molecule has 0 bridgehead atoms. The molecular weight excluding hydrogens is 591 g/mol. The fourth-order valence-electron chi connectivity index (χ4n) is 5.11. The van der Waals surface area contributed by atoms with Gasteiger partial charge in [-0.25, -0.2) is 4.79 Å². The second kappa shape index (κ2) is 14.7. The zero-order valence-electron chi connectivity index (χ0n) is 25.1. The van der Waals surface area contributed by atoms with E-state index in [-0.39, 0.29) is 6.54 Å². The summed E-state index contributed by atoms with van der Waals surface area (Å²) in [7, 11) is 1.27. The number of carbonyl (C=O) groups excluding carboxylic acids is 2. The van der Waals surface area contributed by atoms with Gasteiger partial charge < -0.3 is 10.1 Å². The highest BCUT2D eigenvalue weighted by Crippen LogP contribution is 2.31. The third kappa shape index (κ3) is 8.46. The number of rotatable bonds is 11. The molecule has 0 unspecified atom stereocenters. The molecule has 0 saturated carbocycles. The van der Waals surface area contributed by atoms with Crippen molar-refractivity contribution in [3.05, 3.63) is 150 Å². The topological polar surface area (TPSA) is 71.5 Å². The van der Waals surface area contributed by atoms with Crippen molar-refractivity contribution in [3.63, 3.8) is 0 Å². The smallest absolute Gasteiger partial charge is 0.416 e. The SMILES string of the molecule is COC(=O)[C@H](CN(Cc1ccncc1)Cc1ccc(-c2ccccc2)cc1)NC(=O)c1ccc(-c2ccc(C(F)(F)F)cc2)cc1. The Bertz CT molecular complexity index is 1730. The number of amides is 1. The summed E-state index contributed by atoms with van der Waals surface area (Å²) in [6.45, 7) is 1.17. The molecule has 1 amide bonds. The van der Waals surface area contributed by atoms with Gasteiger partial charge in [0.25, 0.3) is 5.91 Å². The van der Waals surface area contributed by atoms with E-state index in [9.17, 15) is 22.8 Å². The highest BCUT2D eigenvalue weighted by Gasteiger charge is 2.30. The van der Waals surface area contributed by atoms with E-state index in [0.717, 1.165) is 34.4 Å². The number of halogens is 3. The van der Waals surface area contributed by atoms with Gasteiger partial charge >= 0.3 is 12.1 Å². The number of aromatic nitrogens is 1. The van der Waals surface area contributed by atoms with E-state index < -0.39 is 29.7 Å². The minimum absolute atomic E-state index is 0.171. The normalized spacial score (nSPS) is 12.0. The number of ether oxygens (including phenoxy) is 1. The summed E-state index contributed by atoms with van der Waals surface area (Å²) in [5, 5.41) is 2.81. The van der Waals surface area contributed by atoms with Crippen LogP contribution in [-0.4, -0.2) is 41.5 Å². The molecule has 9 heteroatoms. The number of nitrogens with zero attached hydrogens (tertiary/aromatic N) is 2. The number of methoxy groups -OCH3 is 1. The number of hydrogen-bond donors (Lipinski definition) is 1. The molecule has 234 valence electrons. The molecule has 0 spiro atoms. The first kappa shape index (κ1) is 32.1. The van der Waals surface area contributed by atoms with Crippen molar-refractivity contribution in [1.82, 2.24) is 15.2 Å². The van der Waals surface area contributed by atoms with Gasteiger partial charge in [0.1, 0.15) is 6.04 Å².